The minimum absolute atomic E-state index is 0.115. The van der Waals surface area contributed by atoms with Gasteiger partial charge in [-0.2, -0.15) is 0 Å². The van der Waals surface area contributed by atoms with Gasteiger partial charge in [0, 0.05) is 12.6 Å². The predicted molar refractivity (Wildman–Crippen MR) is 76.4 cm³/mol. The minimum atomic E-state index is -4.86. The number of carboxylic acid groups (broad SMARTS) is 1. The van der Waals surface area contributed by atoms with Crippen molar-refractivity contribution in [2.45, 2.75) is 31.4 Å². The molecule has 6 nitrogen and oxygen atoms in total. The van der Waals surface area contributed by atoms with Crippen molar-refractivity contribution < 1.29 is 37.3 Å². The molecule has 0 fully saturated rings. The van der Waals surface area contributed by atoms with Crippen molar-refractivity contribution in [3.05, 3.63) is 29.8 Å². The Morgan fingerprint density at radius 3 is 2.52 bits per heavy atom. The Balaban J connectivity index is 2.73. The molecule has 0 spiro atoms. The summed E-state index contributed by atoms with van der Waals surface area (Å²) in [5.74, 6) is -2.84. The summed E-state index contributed by atoms with van der Waals surface area (Å²) in [4.78, 5) is 20.3. The first kappa shape index (κ1) is 19.5. The fourth-order valence-corrected chi connectivity index (χ4v) is 3.28. The van der Waals surface area contributed by atoms with Crippen molar-refractivity contribution in [2.75, 3.05) is 6.16 Å². The zero-order valence-electron chi connectivity index (χ0n) is 12.0. The molecule has 23 heavy (non-hydrogen) atoms. The number of nitrogens with two attached hydrogens (primary N) is 1. The second kappa shape index (κ2) is 7.81. The lowest BCUT2D eigenvalue weighted by Gasteiger charge is -2.19. The topological polar surface area (TPSA) is 110 Å². The van der Waals surface area contributed by atoms with Gasteiger partial charge in [0.15, 0.2) is 0 Å². The largest absolute Gasteiger partial charge is 0.573 e. The lowest BCUT2D eigenvalue weighted by atomic mass is 10.1. The van der Waals surface area contributed by atoms with Crippen molar-refractivity contribution >= 4 is 13.3 Å². The highest BCUT2D eigenvalue weighted by Gasteiger charge is 2.33. The first-order chi connectivity index (χ1) is 10.5. The van der Waals surface area contributed by atoms with Crippen molar-refractivity contribution in [1.82, 2.24) is 0 Å². The van der Waals surface area contributed by atoms with Crippen LogP contribution in [0.4, 0.5) is 13.2 Å². The predicted octanol–water partition coefficient (Wildman–Crippen LogP) is 2.55. The zero-order chi connectivity index (χ0) is 17.7. The van der Waals surface area contributed by atoms with E-state index in [9.17, 15) is 27.4 Å². The summed E-state index contributed by atoms with van der Waals surface area (Å²) in [5.41, 5.74) is 5.63. The minimum Gasteiger partial charge on any atom is -0.481 e. The quantitative estimate of drug-likeness (QED) is 0.618. The molecule has 0 saturated carbocycles. The van der Waals surface area contributed by atoms with E-state index in [0.717, 1.165) is 6.07 Å². The van der Waals surface area contributed by atoms with Crippen LogP contribution in [0, 0.1) is 0 Å². The van der Waals surface area contributed by atoms with Gasteiger partial charge >= 0.3 is 12.3 Å². The lowest BCUT2D eigenvalue weighted by molar-refractivity contribution is -0.274. The summed E-state index contributed by atoms with van der Waals surface area (Å²) in [5, 5.41) is 8.53. The summed E-state index contributed by atoms with van der Waals surface area (Å²) in [6.07, 6.45) is -5.94. The standard InChI is InChI=1S/C13H17F3NO5P/c14-13(15,16)22-10-4-2-1-3-9(10)7-8-23(20,21)11(17)5-6-12(18)19/h1-4,11H,5-8,17H2,(H,18,19)(H,20,21). The summed E-state index contributed by atoms with van der Waals surface area (Å²) >= 11 is 0. The molecule has 0 aromatic heterocycles. The van der Waals surface area contributed by atoms with Crippen LogP contribution in [0.5, 0.6) is 5.75 Å². The summed E-state index contributed by atoms with van der Waals surface area (Å²) in [7, 11) is -3.90. The van der Waals surface area contributed by atoms with Crippen LogP contribution >= 0.6 is 7.37 Å². The highest BCUT2D eigenvalue weighted by Crippen LogP contribution is 2.46. The van der Waals surface area contributed by atoms with Crippen LogP contribution in [0.3, 0.4) is 0 Å². The van der Waals surface area contributed by atoms with Crippen LogP contribution < -0.4 is 10.5 Å². The highest BCUT2D eigenvalue weighted by molar-refractivity contribution is 7.58. The molecule has 1 rings (SSSR count). The molecule has 1 aromatic rings. The number of halogens is 3. The van der Waals surface area contributed by atoms with E-state index in [2.05, 4.69) is 4.74 Å². The first-order valence-corrected chi connectivity index (χ1v) is 8.55. The Morgan fingerprint density at radius 2 is 1.96 bits per heavy atom. The van der Waals surface area contributed by atoms with Crippen LogP contribution in [0.25, 0.3) is 0 Å². The van der Waals surface area contributed by atoms with E-state index in [1.54, 1.807) is 0 Å². The van der Waals surface area contributed by atoms with E-state index in [4.69, 9.17) is 10.8 Å². The van der Waals surface area contributed by atoms with E-state index in [1.807, 2.05) is 0 Å². The van der Waals surface area contributed by atoms with Gasteiger partial charge in [0.2, 0.25) is 7.37 Å². The van der Waals surface area contributed by atoms with Gasteiger partial charge in [-0.25, -0.2) is 0 Å². The number of benzene rings is 1. The molecule has 0 aliphatic carbocycles. The van der Waals surface area contributed by atoms with E-state index >= 15 is 0 Å². The molecule has 4 N–H and O–H groups in total. The maximum Gasteiger partial charge on any atom is 0.573 e. The third-order valence-electron chi connectivity index (χ3n) is 3.07. The van der Waals surface area contributed by atoms with Crippen molar-refractivity contribution in [3.63, 3.8) is 0 Å². The number of aliphatic carboxylic acids is 1. The number of carbonyl (C=O) groups is 1. The van der Waals surface area contributed by atoms with Crippen molar-refractivity contribution in [3.8, 4) is 5.75 Å². The Morgan fingerprint density at radius 1 is 1.35 bits per heavy atom. The van der Waals surface area contributed by atoms with Crippen molar-refractivity contribution in [1.29, 1.82) is 0 Å². The summed E-state index contributed by atoms with van der Waals surface area (Å²) in [6, 6.07) is 5.28. The molecule has 0 amide bonds. The number of hydrogen-bond donors (Lipinski definition) is 3. The van der Waals surface area contributed by atoms with Crippen LogP contribution in [-0.2, 0) is 15.8 Å². The van der Waals surface area contributed by atoms with Gasteiger partial charge in [0.1, 0.15) is 5.75 Å². The van der Waals surface area contributed by atoms with Crippen LogP contribution in [0.2, 0.25) is 0 Å². The van der Waals surface area contributed by atoms with E-state index in [1.165, 1.54) is 18.2 Å². The highest BCUT2D eigenvalue weighted by atomic mass is 31.2. The first-order valence-electron chi connectivity index (χ1n) is 6.64. The van der Waals surface area contributed by atoms with Gasteiger partial charge in [-0.15, -0.1) is 13.2 Å². The molecule has 0 heterocycles. The number of para-hydroxylation sites is 1. The third kappa shape index (κ3) is 7.02. The van der Waals surface area contributed by atoms with Crippen LogP contribution in [-0.4, -0.2) is 34.3 Å². The maximum atomic E-state index is 12.3. The molecule has 0 aliphatic rings. The van der Waals surface area contributed by atoms with Gasteiger partial charge in [-0.05, 0) is 24.5 Å². The van der Waals surface area contributed by atoms with Gasteiger partial charge in [0.25, 0.3) is 0 Å². The number of aryl methyl sites for hydroxylation is 1. The Labute approximate surface area is 130 Å². The smallest absolute Gasteiger partial charge is 0.481 e. The van der Waals surface area contributed by atoms with Crippen LogP contribution in [0.15, 0.2) is 24.3 Å². The average Bonchev–Trinajstić information content (AvgIpc) is 2.42. The number of alkyl halides is 3. The fourth-order valence-electron chi connectivity index (χ4n) is 1.85. The molecular formula is C13H17F3NO5P. The second-order valence-electron chi connectivity index (χ2n) is 4.88. The van der Waals surface area contributed by atoms with E-state index < -0.39 is 31.2 Å². The number of hydrogen-bond acceptors (Lipinski definition) is 4. The van der Waals surface area contributed by atoms with Gasteiger partial charge in [0.05, 0.1) is 5.78 Å². The number of rotatable bonds is 8. The van der Waals surface area contributed by atoms with E-state index in [-0.39, 0.29) is 31.0 Å². The summed E-state index contributed by atoms with van der Waals surface area (Å²) < 4.78 is 52.8. The van der Waals surface area contributed by atoms with E-state index in [0.29, 0.717) is 0 Å². The van der Waals surface area contributed by atoms with Gasteiger partial charge in [-0.1, -0.05) is 18.2 Å². The molecular weight excluding hydrogens is 338 g/mol. The molecule has 1 aromatic carbocycles. The Hall–Kier alpha value is -1.57. The number of ether oxygens (including phenoxy) is 1. The lowest BCUT2D eigenvalue weighted by Crippen LogP contribution is -2.23. The monoisotopic (exact) mass is 355 g/mol. The maximum absolute atomic E-state index is 12.3. The molecule has 2 unspecified atom stereocenters. The molecule has 0 radical (unpaired) electrons. The molecule has 130 valence electrons. The Kier molecular flexibility index (Phi) is 6.61. The average molecular weight is 355 g/mol. The third-order valence-corrected chi connectivity index (χ3v) is 5.23. The zero-order valence-corrected chi connectivity index (χ0v) is 12.9. The second-order valence-corrected chi connectivity index (χ2v) is 7.51. The summed E-state index contributed by atoms with van der Waals surface area (Å²) in [6.45, 7) is 0. The van der Waals surface area contributed by atoms with Crippen LogP contribution in [0.1, 0.15) is 18.4 Å². The normalized spacial score (nSPS) is 15.7. The molecule has 10 heteroatoms. The molecule has 2 atom stereocenters. The van der Waals surface area contributed by atoms with Gasteiger partial charge < -0.3 is 20.5 Å². The Bertz CT molecular complexity index is 593. The van der Waals surface area contributed by atoms with Gasteiger partial charge in [-0.3, -0.25) is 9.36 Å². The van der Waals surface area contributed by atoms with Crippen molar-refractivity contribution in [2.24, 2.45) is 5.73 Å². The molecule has 0 saturated heterocycles. The SMILES string of the molecule is NC(CCC(=O)O)P(=O)(O)CCc1ccccc1OC(F)(F)F. The molecule has 0 bridgehead atoms. The molecule has 0 aliphatic heterocycles. The fraction of sp³-hybridized carbons (Fsp3) is 0.462. The number of carboxylic acids is 1.